The number of imidazole rings is 1. The van der Waals surface area contributed by atoms with Crippen LogP contribution in [0.5, 0.6) is 0 Å². The maximum Gasteiger partial charge on any atom is 0.469 e. The van der Waals surface area contributed by atoms with E-state index >= 15 is 0 Å². The third-order valence-corrected chi connectivity index (χ3v) is 11.2. The summed E-state index contributed by atoms with van der Waals surface area (Å²) in [6, 6.07) is -0.362. The van der Waals surface area contributed by atoms with Crippen LogP contribution < -0.4 is 22.5 Å². The molecule has 3 aromatic rings. The molecule has 0 bridgehead atoms. The highest BCUT2D eigenvalue weighted by Gasteiger charge is 2.56. The van der Waals surface area contributed by atoms with Gasteiger partial charge < -0.3 is 70.3 Å². The summed E-state index contributed by atoms with van der Waals surface area (Å²) in [5.41, 5.74) is 7.19. The van der Waals surface area contributed by atoms with Gasteiger partial charge in [0.1, 0.15) is 47.7 Å². The Morgan fingerprint density at radius 1 is 1.05 bits per heavy atom. The van der Waals surface area contributed by atoms with E-state index in [1.165, 1.54) is 30.8 Å². The molecule has 0 saturated carbocycles. The number of ether oxygens (including phenoxy) is 4. The molecule has 0 aromatic carbocycles. The molecule has 3 aromatic heterocycles. The van der Waals surface area contributed by atoms with Gasteiger partial charge in [-0.3, -0.25) is 23.0 Å². The van der Waals surface area contributed by atoms with Crippen molar-refractivity contribution in [2.75, 3.05) is 37.9 Å². The zero-order valence-electron chi connectivity index (χ0n) is 31.4. The third kappa shape index (κ3) is 11.3. The minimum atomic E-state index is -5.29. The van der Waals surface area contributed by atoms with Gasteiger partial charge in [-0.25, -0.2) is 29.1 Å². The number of aliphatic hydroxyl groups excluding tert-OH is 2. The summed E-state index contributed by atoms with van der Waals surface area (Å²) in [7, 11) is -10.5. The highest BCUT2D eigenvalue weighted by molar-refractivity contribution is 7.53. The van der Waals surface area contributed by atoms with Crippen LogP contribution in [-0.4, -0.2) is 145 Å². The first kappa shape index (κ1) is 45.8. The van der Waals surface area contributed by atoms with E-state index in [4.69, 9.17) is 34.9 Å². The number of carbonyl (C=O) groups is 2. The van der Waals surface area contributed by atoms with Gasteiger partial charge in [0.15, 0.2) is 36.1 Å². The monoisotopic (exact) mass is 877 g/mol. The molecule has 1 amide bonds. The number of nitrogens with one attached hydrogen (secondary N) is 1. The highest BCUT2D eigenvalue weighted by Crippen LogP contribution is 2.56. The lowest BCUT2D eigenvalue weighted by atomic mass is 10.1. The number of amides is 1. The summed E-state index contributed by atoms with van der Waals surface area (Å²) in [5.74, 6) is -2.01. The first-order valence-electron chi connectivity index (χ1n) is 17.6. The maximum absolute atomic E-state index is 14.0. The van der Waals surface area contributed by atoms with Crippen molar-refractivity contribution in [1.82, 2.24) is 34.4 Å². The number of aliphatic hydroxyl groups is 3. The average Bonchev–Trinajstić information content (AvgIpc) is 3.81. The van der Waals surface area contributed by atoms with E-state index in [-0.39, 0.29) is 42.2 Å². The average molecular weight is 878 g/mol. The number of aromatic nitrogens is 6. The maximum atomic E-state index is 14.0. The lowest BCUT2D eigenvalue weighted by molar-refractivity contribution is -0.162. The Morgan fingerprint density at radius 2 is 1.73 bits per heavy atom. The topological polar surface area (TPSA) is 388 Å². The minimum absolute atomic E-state index is 0.0312. The summed E-state index contributed by atoms with van der Waals surface area (Å²) >= 11 is 0. The van der Waals surface area contributed by atoms with Crippen LogP contribution in [0.2, 0.25) is 0 Å². The molecule has 28 heteroatoms. The van der Waals surface area contributed by atoms with Crippen molar-refractivity contribution in [2.24, 2.45) is 0 Å². The van der Waals surface area contributed by atoms with Crippen LogP contribution in [0, 0.1) is 0 Å². The number of hydrogen-bond acceptors (Lipinski definition) is 20. The Morgan fingerprint density at radius 3 is 2.39 bits per heavy atom. The van der Waals surface area contributed by atoms with Crippen LogP contribution in [0.3, 0.4) is 0 Å². The van der Waals surface area contributed by atoms with Crippen molar-refractivity contribution >= 4 is 50.1 Å². The van der Waals surface area contributed by atoms with Crippen molar-refractivity contribution in [3.05, 3.63) is 48.1 Å². The molecule has 5 rings (SSSR count). The van der Waals surface area contributed by atoms with Crippen molar-refractivity contribution in [3.63, 3.8) is 0 Å². The number of nitrogens with zero attached hydrogens (tertiary/aromatic N) is 6. The molecule has 2 aliphatic heterocycles. The normalized spacial score (nSPS) is 26.4. The lowest BCUT2D eigenvalue weighted by Crippen LogP contribution is -2.49. The summed E-state index contributed by atoms with van der Waals surface area (Å²) in [4.78, 5) is 84.7. The standard InChI is InChI=1S/C31H45N9O17P2/c1-4-5-6-19(41)37-15(9-52-12-31(2,3)46)29(44)57-23-16(55-27(21(23)42)40-14-36-20-25(33)34-13-35-26(20)40)10-53-58(47,48)24-17(11-54-59(49,50)51)56-28(22(24)43)39-8-7-18(32)38-30(39)45/h4,7-8,13-17,21-24,27-28,42-43,46H,1,5-6,9-12H2,2-3H3,(H,37,41)(H,47,48)(H2,32,38,45)(H2,33,34,35)(H2,49,50,51)/t15-,16?,17+,21+,22+,23+,24+,27+,28+/m0/s1. The number of esters is 1. The van der Waals surface area contributed by atoms with E-state index in [0.29, 0.717) is 4.57 Å². The Bertz CT molecular complexity index is 2140. The Kier molecular flexibility index (Phi) is 14.4. The van der Waals surface area contributed by atoms with E-state index in [1.54, 1.807) is 0 Å². The van der Waals surface area contributed by atoms with Crippen molar-refractivity contribution < 1.29 is 76.7 Å². The summed E-state index contributed by atoms with van der Waals surface area (Å²) in [6.07, 6.45) is -7.35. The third-order valence-electron chi connectivity index (χ3n) is 8.83. The van der Waals surface area contributed by atoms with Gasteiger partial charge in [-0.15, -0.1) is 6.58 Å². The molecule has 2 aliphatic rings. The molecule has 59 heavy (non-hydrogen) atoms. The number of phosphoric ester groups is 1. The van der Waals surface area contributed by atoms with E-state index in [1.807, 2.05) is 0 Å². The second-order valence-electron chi connectivity index (χ2n) is 14.0. The van der Waals surface area contributed by atoms with Crippen LogP contribution in [0.15, 0.2) is 42.4 Å². The second kappa shape index (κ2) is 18.6. The minimum Gasteiger partial charge on any atom is -0.455 e. The van der Waals surface area contributed by atoms with Gasteiger partial charge in [0, 0.05) is 12.6 Å². The molecule has 2 fully saturated rings. The Hall–Kier alpha value is -4.27. The van der Waals surface area contributed by atoms with Crippen molar-refractivity contribution in [2.45, 2.75) is 87.0 Å². The SMILES string of the molecule is C=CCCC(=O)N[C@@H](COCC(C)(C)O)C(=O)O[C@@H]1C(COP(=O)(O)[C@H]2[C@@H](O)[C@H](n3ccc(N)nc3=O)O[C@@H]2COP(=O)(O)O)O[C@@H](n2cnc3c(N)ncnc32)[C@@H]1O. The smallest absolute Gasteiger partial charge is 0.455 e. The molecule has 26 nitrogen and oxygen atoms in total. The molecular weight excluding hydrogens is 832 g/mol. The van der Waals surface area contributed by atoms with Crippen molar-refractivity contribution in [3.8, 4) is 0 Å². The van der Waals surface area contributed by atoms with Crippen LogP contribution in [0.4, 0.5) is 11.6 Å². The van der Waals surface area contributed by atoms with Crippen molar-refractivity contribution in [1.29, 1.82) is 0 Å². The fourth-order valence-corrected chi connectivity index (χ4v) is 8.14. The highest BCUT2D eigenvalue weighted by atomic mass is 31.2. The number of rotatable bonds is 19. The molecular formula is C31H45N9O17P2. The van der Waals surface area contributed by atoms with Crippen LogP contribution in [0.1, 0.15) is 39.1 Å². The molecule has 5 heterocycles. The fourth-order valence-electron chi connectivity index (χ4n) is 6.15. The van der Waals surface area contributed by atoms with Gasteiger partial charge in [-0.05, 0) is 26.3 Å². The van der Waals surface area contributed by atoms with Gasteiger partial charge in [0.05, 0.1) is 38.4 Å². The summed E-state index contributed by atoms with van der Waals surface area (Å²) in [5, 5.41) is 35.5. The van der Waals surface area contributed by atoms with Gasteiger partial charge in [0.2, 0.25) is 5.91 Å². The number of hydrogen-bond donors (Lipinski definition) is 9. The number of anilines is 2. The van der Waals surface area contributed by atoms with Gasteiger partial charge in [-0.2, -0.15) is 4.98 Å². The van der Waals surface area contributed by atoms with Crippen LogP contribution in [0.25, 0.3) is 11.2 Å². The summed E-state index contributed by atoms with van der Waals surface area (Å²) in [6.45, 7) is 3.60. The number of fused-ring (bicyclic) bond motifs is 1. The molecule has 326 valence electrons. The Labute approximate surface area is 333 Å². The fraction of sp³-hybridized carbons (Fsp3) is 0.581. The number of allylic oxidation sites excluding steroid dienone is 1. The molecule has 2 unspecified atom stereocenters. The molecule has 11 N–H and O–H groups in total. The molecule has 0 radical (unpaired) electrons. The van der Waals surface area contributed by atoms with E-state index < -0.39 is 113 Å². The van der Waals surface area contributed by atoms with E-state index in [2.05, 4.69) is 36.4 Å². The van der Waals surface area contributed by atoms with Gasteiger partial charge in [-0.1, -0.05) is 6.08 Å². The molecule has 2 saturated heterocycles. The number of nitrogens with two attached hydrogens (primary N) is 2. The first-order valence-corrected chi connectivity index (χ1v) is 20.8. The van der Waals surface area contributed by atoms with Gasteiger partial charge in [0.25, 0.3) is 0 Å². The lowest BCUT2D eigenvalue weighted by Gasteiger charge is -2.28. The molecule has 0 spiro atoms. The number of phosphoric acid groups is 1. The quantitative estimate of drug-likeness (QED) is 0.0344. The predicted octanol–water partition coefficient (Wildman–Crippen LogP) is -2.41. The van der Waals surface area contributed by atoms with Crippen LogP contribution >= 0.6 is 15.4 Å². The number of nitrogen functional groups attached to an aromatic ring is 2. The second-order valence-corrected chi connectivity index (χ2v) is 17.3. The first-order chi connectivity index (χ1) is 27.6. The molecule has 10 atom stereocenters. The predicted molar refractivity (Wildman–Crippen MR) is 198 cm³/mol. The largest absolute Gasteiger partial charge is 0.469 e. The zero-order valence-corrected chi connectivity index (χ0v) is 33.2. The molecule has 0 aliphatic carbocycles. The summed E-state index contributed by atoms with van der Waals surface area (Å²) < 4.78 is 60.3. The zero-order chi connectivity index (χ0) is 43.4. The van der Waals surface area contributed by atoms with Gasteiger partial charge >= 0.3 is 27.1 Å². The Balaban J connectivity index is 1.44. The van der Waals surface area contributed by atoms with E-state index in [0.717, 1.165) is 18.6 Å². The van der Waals surface area contributed by atoms with Crippen LogP contribution in [-0.2, 0) is 46.7 Å². The number of carbonyl (C=O) groups excluding carboxylic acids is 2. The van der Waals surface area contributed by atoms with E-state index in [9.17, 15) is 53.5 Å².